The zero-order valence-electron chi connectivity index (χ0n) is 54.0. The van der Waals surface area contributed by atoms with Gasteiger partial charge >= 0.3 is 0 Å². The Balaban J connectivity index is 0.000000139. The molecule has 4 heterocycles. The van der Waals surface area contributed by atoms with Crippen molar-refractivity contribution in [3.8, 4) is 90.3 Å². The molecule has 20 aromatic rings. The number of aromatic nitrogens is 7. The monoisotopic (exact) mass is 1270 g/mol. The molecule has 7 nitrogen and oxygen atoms in total. The highest BCUT2D eigenvalue weighted by Gasteiger charge is 2.21. The average molecular weight is 1270 g/mol. The molecule has 0 saturated heterocycles. The van der Waals surface area contributed by atoms with Crippen molar-refractivity contribution in [2.45, 2.75) is 0 Å². The highest BCUT2D eigenvalue weighted by molar-refractivity contribution is 6.17. The Morgan fingerprint density at radius 3 is 0.960 bits per heavy atom. The van der Waals surface area contributed by atoms with E-state index in [1.165, 1.54) is 70.0 Å². The number of hydrogen-bond donors (Lipinski definition) is 0. The van der Waals surface area contributed by atoms with Crippen LogP contribution < -0.4 is 0 Å². The summed E-state index contributed by atoms with van der Waals surface area (Å²) in [6.45, 7) is 0. The quantitative estimate of drug-likeness (QED) is 0.140. The molecule has 0 atom stereocenters. The number of pyridine rings is 2. The van der Waals surface area contributed by atoms with Crippen LogP contribution in [-0.2, 0) is 0 Å². The summed E-state index contributed by atoms with van der Waals surface area (Å²) in [7, 11) is 0. The number of hydrogen-bond acceptors (Lipinski definition) is 7. The molecule has 0 aliphatic heterocycles. The molecule has 0 aliphatic carbocycles. The molecular formula is C93H57N7. The van der Waals surface area contributed by atoms with E-state index in [0.717, 1.165) is 105 Å². The van der Waals surface area contributed by atoms with Crippen LogP contribution in [0.4, 0.5) is 0 Å². The van der Waals surface area contributed by atoms with Gasteiger partial charge in [-0.25, -0.2) is 24.9 Å². The van der Waals surface area contributed by atoms with Crippen molar-refractivity contribution in [3.05, 3.63) is 346 Å². The summed E-state index contributed by atoms with van der Waals surface area (Å²) < 4.78 is 0. The molecule has 0 aliphatic rings. The summed E-state index contributed by atoms with van der Waals surface area (Å²) in [6.07, 6.45) is 5.80. The third-order valence-corrected chi connectivity index (χ3v) is 19.7. The van der Waals surface area contributed by atoms with Gasteiger partial charge in [0.15, 0.2) is 23.3 Å². The van der Waals surface area contributed by atoms with Crippen LogP contribution in [0.1, 0.15) is 0 Å². The van der Waals surface area contributed by atoms with Crippen LogP contribution in [-0.4, -0.2) is 34.9 Å². The van der Waals surface area contributed by atoms with Gasteiger partial charge in [-0.3, -0.25) is 9.97 Å². The minimum absolute atomic E-state index is 0.627. The van der Waals surface area contributed by atoms with E-state index in [4.69, 9.17) is 24.9 Å². The van der Waals surface area contributed by atoms with E-state index in [9.17, 15) is 0 Å². The Morgan fingerprint density at radius 2 is 0.500 bits per heavy atom. The zero-order valence-corrected chi connectivity index (χ0v) is 54.0. The lowest BCUT2D eigenvalue weighted by atomic mass is 9.93. The first-order valence-corrected chi connectivity index (χ1v) is 33.7. The lowest BCUT2D eigenvalue weighted by molar-refractivity contribution is 1.08. The van der Waals surface area contributed by atoms with Gasteiger partial charge in [-0.15, -0.1) is 0 Å². The second-order valence-corrected chi connectivity index (χ2v) is 25.5. The second kappa shape index (κ2) is 24.3. The fraction of sp³-hybridized carbons (Fsp3) is 0. The Morgan fingerprint density at radius 1 is 0.170 bits per heavy atom. The van der Waals surface area contributed by atoms with Gasteiger partial charge < -0.3 is 0 Å². The maximum absolute atomic E-state index is 5.33. The molecule has 0 unspecified atom stereocenters. The van der Waals surface area contributed by atoms with Crippen molar-refractivity contribution in [2.24, 2.45) is 0 Å². The van der Waals surface area contributed by atoms with Crippen LogP contribution in [0.3, 0.4) is 0 Å². The van der Waals surface area contributed by atoms with Crippen molar-refractivity contribution in [3.63, 3.8) is 0 Å². The zero-order chi connectivity index (χ0) is 66.0. The summed E-state index contributed by atoms with van der Waals surface area (Å²) in [6, 6.07) is 116. The molecule has 100 heavy (non-hydrogen) atoms. The van der Waals surface area contributed by atoms with Gasteiger partial charge in [0.05, 0.1) is 16.9 Å². The summed E-state index contributed by atoms with van der Waals surface area (Å²) >= 11 is 0. The van der Waals surface area contributed by atoms with E-state index < -0.39 is 0 Å². The van der Waals surface area contributed by atoms with E-state index in [1.807, 2.05) is 36.8 Å². The largest absolute Gasteiger partial charge is 0.263 e. The van der Waals surface area contributed by atoms with Gasteiger partial charge in [0, 0.05) is 73.9 Å². The predicted octanol–water partition coefficient (Wildman–Crippen LogP) is 24.0. The SMILES string of the molecule is c1ccc2c(-c3ccc(-c4nc(-c5cc6ccccc6c6ccccc56)cc(-c5cc6ccccc6c6ccccc56)n4)cc3)cncc2c1.c1ccc2ncc(-c3ccc(-c4nc(-c5cc6ccccc6c6ccccc56)nc(-c5cc6ccccc6c6ccccc56)n4)cc3)cc2c1. The van der Waals surface area contributed by atoms with E-state index >= 15 is 0 Å². The third kappa shape index (κ3) is 10.3. The van der Waals surface area contributed by atoms with Crippen LogP contribution in [0.25, 0.3) is 198 Å². The lowest BCUT2D eigenvalue weighted by Gasteiger charge is -2.15. The minimum atomic E-state index is 0.627. The highest BCUT2D eigenvalue weighted by Crippen LogP contribution is 2.42. The second-order valence-electron chi connectivity index (χ2n) is 25.5. The molecule has 20 rings (SSSR count). The highest BCUT2D eigenvalue weighted by atomic mass is 15.0. The summed E-state index contributed by atoms with van der Waals surface area (Å²) in [4.78, 5) is 35.6. The van der Waals surface area contributed by atoms with Crippen LogP contribution >= 0.6 is 0 Å². The molecule has 0 fully saturated rings. The van der Waals surface area contributed by atoms with Crippen LogP contribution in [0.2, 0.25) is 0 Å². The molecule has 7 heteroatoms. The molecule has 0 N–H and O–H groups in total. The third-order valence-electron chi connectivity index (χ3n) is 19.7. The van der Waals surface area contributed by atoms with E-state index in [2.05, 4.69) is 319 Å². The average Bonchev–Trinajstić information content (AvgIpc) is 0.759. The topological polar surface area (TPSA) is 90.2 Å². The lowest BCUT2D eigenvalue weighted by Crippen LogP contribution is -2.01. The normalized spacial score (nSPS) is 11.6. The van der Waals surface area contributed by atoms with E-state index in [1.54, 1.807) is 0 Å². The Labute approximate surface area is 575 Å². The summed E-state index contributed by atoms with van der Waals surface area (Å²) in [5, 5.41) is 22.3. The Kier molecular flexibility index (Phi) is 14.1. The first-order valence-electron chi connectivity index (χ1n) is 33.7. The van der Waals surface area contributed by atoms with Gasteiger partial charge in [0.1, 0.15) is 0 Å². The fourth-order valence-corrected chi connectivity index (χ4v) is 14.8. The Bertz CT molecular complexity index is 6380. The van der Waals surface area contributed by atoms with Gasteiger partial charge in [-0.05, 0) is 145 Å². The first-order chi connectivity index (χ1) is 49.5. The first kappa shape index (κ1) is 57.9. The van der Waals surface area contributed by atoms with Gasteiger partial charge in [0.2, 0.25) is 0 Å². The number of para-hydroxylation sites is 1. The van der Waals surface area contributed by atoms with Gasteiger partial charge in [-0.2, -0.15) is 0 Å². The van der Waals surface area contributed by atoms with Crippen molar-refractivity contribution in [1.29, 1.82) is 0 Å². The number of rotatable bonds is 8. The van der Waals surface area contributed by atoms with Crippen LogP contribution in [0, 0.1) is 0 Å². The molecule has 4 aromatic heterocycles. The molecule has 464 valence electrons. The number of benzene rings is 16. The molecule has 0 radical (unpaired) electrons. The van der Waals surface area contributed by atoms with Crippen molar-refractivity contribution in [1.82, 2.24) is 34.9 Å². The fourth-order valence-electron chi connectivity index (χ4n) is 14.8. The molecule has 0 amide bonds. The van der Waals surface area contributed by atoms with Crippen molar-refractivity contribution < 1.29 is 0 Å². The van der Waals surface area contributed by atoms with Crippen LogP contribution in [0.15, 0.2) is 346 Å². The predicted molar refractivity (Wildman–Crippen MR) is 416 cm³/mol. The van der Waals surface area contributed by atoms with Crippen molar-refractivity contribution in [2.75, 3.05) is 0 Å². The molecule has 0 bridgehead atoms. The van der Waals surface area contributed by atoms with Gasteiger partial charge in [-0.1, -0.05) is 285 Å². The molecule has 0 saturated carbocycles. The Hall–Kier alpha value is -13.5. The molecular weight excluding hydrogens is 1220 g/mol. The number of nitrogens with zero attached hydrogens (tertiary/aromatic N) is 7. The molecule has 0 spiro atoms. The summed E-state index contributed by atoms with van der Waals surface area (Å²) in [5.41, 5.74) is 13.2. The van der Waals surface area contributed by atoms with Crippen molar-refractivity contribution >= 4 is 108 Å². The maximum atomic E-state index is 5.33. The standard InChI is InChI=1S/C47H29N3.C46H28N4/c1-4-14-35-32(11-1)25-42(40-19-9-7-17-38(35)40)45-27-46(43-26-33-12-2-5-15-36(33)39-18-8-10-20-41(39)43)50-47(49-45)31-23-21-30(22-24-31)44-29-48-28-34-13-3-6-16-37(34)44;1-4-14-35-31(11-1)26-41(39-18-8-6-16-37(35)39)45-48-44(30-23-21-29(22-24-30)34-25-33-13-3-10-20-43(33)47-28-34)49-46(50-45)42-27-32-12-2-5-15-36(32)38-17-7-9-19-40(38)42/h1-29H;1-28H. The minimum Gasteiger partial charge on any atom is -0.263 e. The van der Waals surface area contributed by atoms with Gasteiger partial charge in [0.25, 0.3) is 0 Å². The van der Waals surface area contributed by atoms with E-state index in [-0.39, 0.29) is 0 Å². The van der Waals surface area contributed by atoms with Crippen LogP contribution in [0.5, 0.6) is 0 Å². The smallest absolute Gasteiger partial charge is 0.164 e. The number of fused-ring (bicyclic) bond motifs is 14. The van der Waals surface area contributed by atoms with E-state index in [0.29, 0.717) is 23.3 Å². The molecule has 16 aromatic carbocycles. The summed E-state index contributed by atoms with van der Waals surface area (Å²) in [5.74, 6) is 2.61. The maximum Gasteiger partial charge on any atom is 0.164 e.